The number of amides is 2. The average molecular weight is 401 g/mol. The van der Waals surface area contributed by atoms with Gasteiger partial charge in [0.1, 0.15) is 6.10 Å². The molecule has 5 heteroatoms. The fourth-order valence-electron chi connectivity index (χ4n) is 5.28. The predicted molar refractivity (Wildman–Crippen MR) is 114 cm³/mol. The van der Waals surface area contributed by atoms with Crippen molar-refractivity contribution < 1.29 is 14.4 Å². The Kier molecular flexibility index (Phi) is 6.49. The summed E-state index contributed by atoms with van der Waals surface area (Å²) in [5.74, 6) is -0.00893. The number of nitrogens with zero attached hydrogens (tertiary/aromatic N) is 2. The summed E-state index contributed by atoms with van der Waals surface area (Å²) in [5, 5.41) is 2.20. The highest BCUT2D eigenvalue weighted by atomic mass is 16.7. The first-order valence-electron chi connectivity index (χ1n) is 11.1. The SMILES string of the molecule is CCC1(CC)CC(N2C(=O)CCCC2=O)CC(C)(C)N1OC(C)c1ccccc1. The summed E-state index contributed by atoms with van der Waals surface area (Å²) in [4.78, 5) is 33.4. The van der Waals surface area contributed by atoms with E-state index in [0.717, 1.165) is 31.2 Å². The van der Waals surface area contributed by atoms with Gasteiger partial charge in [-0.15, -0.1) is 0 Å². The molecule has 0 N–H and O–H groups in total. The van der Waals surface area contributed by atoms with Gasteiger partial charge in [0.05, 0.1) is 0 Å². The van der Waals surface area contributed by atoms with Gasteiger partial charge in [0.15, 0.2) is 0 Å². The molecule has 5 nitrogen and oxygen atoms in total. The first-order chi connectivity index (χ1) is 13.7. The summed E-state index contributed by atoms with van der Waals surface area (Å²) in [6.07, 6.45) is 4.89. The quantitative estimate of drug-likeness (QED) is 0.629. The van der Waals surface area contributed by atoms with Crippen LogP contribution in [0.3, 0.4) is 0 Å². The van der Waals surface area contributed by atoms with E-state index in [2.05, 4.69) is 51.8 Å². The van der Waals surface area contributed by atoms with E-state index in [0.29, 0.717) is 19.3 Å². The van der Waals surface area contributed by atoms with E-state index in [1.807, 2.05) is 18.2 Å². The zero-order valence-corrected chi connectivity index (χ0v) is 18.6. The summed E-state index contributed by atoms with van der Waals surface area (Å²) in [6, 6.07) is 10.2. The molecule has 2 unspecified atom stereocenters. The van der Waals surface area contributed by atoms with Crippen LogP contribution >= 0.6 is 0 Å². The minimum Gasteiger partial charge on any atom is -0.290 e. The fraction of sp³-hybridized carbons (Fsp3) is 0.667. The molecule has 2 saturated heterocycles. The molecule has 0 bridgehead atoms. The molecule has 0 aliphatic carbocycles. The molecule has 2 fully saturated rings. The second-order valence-corrected chi connectivity index (χ2v) is 9.27. The van der Waals surface area contributed by atoms with Crippen LogP contribution < -0.4 is 0 Å². The van der Waals surface area contributed by atoms with Crippen molar-refractivity contribution in [2.45, 2.75) is 103 Å². The zero-order valence-electron chi connectivity index (χ0n) is 18.6. The molecule has 2 amide bonds. The third kappa shape index (κ3) is 4.26. The van der Waals surface area contributed by atoms with Crippen molar-refractivity contribution in [3.8, 4) is 0 Å². The van der Waals surface area contributed by atoms with E-state index in [4.69, 9.17) is 4.84 Å². The number of benzene rings is 1. The molecule has 1 aromatic rings. The predicted octanol–water partition coefficient (Wildman–Crippen LogP) is 5.02. The normalized spacial score (nSPS) is 25.8. The van der Waals surface area contributed by atoms with E-state index in [-0.39, 0.29) is 35.0 Å². The summed E-state index contributed by atoms with van der Waals surface area (Å²) >= 11 is 0. The van der Waals surface area contributed by atoms with Crippen LogP contribution in [0.4, 0.5) is 0 Å². The smallest absolute Gasteiger partial charge is 0.229 e. The highest BCUT2D eigenvalue weighted by Gasteiger charge is 2.53. The van der Waals surface area contributed by atoms with Gasteiger partial charge in [-0.2, -0.15) is 5.06 Å². The maximum Gasteiger partial charge on any atom is 0.229 e. The minimum absolute atomic E-state index is 0.00446. The van der Waals surface area contributed by atoms with Crippen LogP contribution in [-0.2, 0) is 14.4 Å². The van der Waals surface area contributed by atoms with E-state index in [1.165, 1.54) is 0 Å². The van der Waals surface area contributed by atoms with Crippen LogP contribution in [-0.4, -0.2) is 38.9 Å². The number of carbonyl (C=O) groups is 2. The van der Waals surface area contributed by atoms with Gasteiger partial charge in [-0.05, 0) is 58.4 Å². The molecule has 2 heterocycles. The van der Waals surface area contributed by atoms with Crippen molar-refractivity contribution in [2.75, 3.05) is 0 Å². The Hall–Kier alpha value is -1.72. The third-order valence-electron chi connectivity index (χ3n) is 6.86. The number of rotatable bonds is 6. The Labute approximate surface area is 175 Å². The van der Waals surface area contributed by atoms with Crippen molar-refractivity contribution >= 4 is 11.8 Å². The van der Waals surface area contributed by atoms with E-state index in [1.54, 1.807) is 4.90 Å². The summed E-state index contributed by atoms with van der Waals surface area (Å²) < 4.78 is 0. The van der Waals surface area contributed by atoms with Crippen molar-refractivity contribution in [3.05, 3.63) is 35.9 Å². The lowest BCUT2D eigenvalue weighted by Crippen LogP contribution is -2.67. The van der Waals surface area contributed by atoms with Gasteiger partial charge in [0, 0.05) is 30.0 Å². The number of hydroxylamine groups is 2. The summed E-state index contributed by atoms with van der Waals surface area (Å²) in [7, 11) is 0. The molecule has 3 rings (SSSR count). The number of hydrogen-bond donors (Lipinski definition) is 0. The number of hydrogen-bond acceptors (Lipinski definition) is 4. The first kappa shape index (κ1) is 22.0. The standard InChI is InChI=1S/C24H36N2O3/c1-6-24(7-2)17-20(25-21(27)14-11-15-22(25)28)16-23(4,5)26(24)29-18(3)19-12-9-8-10-13-19/h8-10,12-13,18,20H,6-7,11,14-17H2,1-5H3. The lowest BCUT2D eigenvalue weighted by molar-refractivity contribution is -0.318. The number of piperidine rings is 2. The Bertz CT molecular complexity index is 711. The zero-order chi connectivity index (χ0) is 21.2. The molecule has 0 spiro atoms. The summed E-state index contributed by atoms with van der Waals surface area (Å²) in [5.41, 5.74) is 0.636. The monoisotopic (exact) mass is 400 g/mol. The van der Waals surface area contributed by atoms with Crippen molar-refractivity contribution in [2.24, 2.45) is 0 Å². The van der Waals surface area contributed by atoms with Crippen LogP contribution in [0.1, 0.15) is 91.2 Å². The van der Waals surface area contributed by atoms with Crippen LogP contribution in [0.5, 0.6) is 0 Å². The number of imide groups is 1. The van der Waals surface area contributed by atoms with Crippen LogP contribution in [0.25, 0.3) is 0 Å². The van der Waals surface area contributed by atoms with Crippen molar-refractivity contribution in [1.82, 2.24) is 9.96 Å². The molecule has 160 valence electrons. The van der Waals surface area contributed by atoms with Gasteiger partial charge in [-0.3, -0.25) is 19.3 Å². The first-order valence-corrected chi connectivity index (χ1v) is 11.1. The van der Waals surface area contributed by atoms with Gasteiger partial charge in [0.25, 0.3) is 0 Å². The molecule has 2 atom stereocenters. The highest BCUT2D eigenvalue weighted by molar-refractivity contribution is 5.97. The highest BCUT2D eigenvalue weighted by Crippen LogP contribution is 2.46. The summed E-state index contributed by atoms with van der Waals surface area (Å²) in [6.45, 7) is 10.8. The topological polar surface area (TPSA) is 49.9 Å². The van der Waals surface area contributed by atoms with E-state index < -0.39 is 0 Å². The third-order valence-corrected chi connectivity index (χ3v) is 6.86. The lowest BCUT2D eigenvalue weighted by atomic mass is 9.73. The molecular weight excluding hydrogens is 364 g/mol. The Balaban J connectivity index is 1.90. The van der Waals surface area contributed by atoms with Crippen molar-refractivity contribution in [1.29, 1.82) is 0 Å². The van der Waals surface area contributed by atoms with Crippen LogP contribution in [0, 0.1) is 0 Å². The molecule has 0 saturated carbocycles. The van der Waals surface area contributed by atoms with E-state index >= 15 is 0 Å². The molecular formula is C24H36N2O3. The molecule has 2 aliphatic heterocycles. The molecule has 1 aromatic carbocycles. The second-order valence-electron chi connectivity index (χ2n) is 9.27. The van der Waals surface area contributed by atoms with Gasteiger partial charge in [0.2, 0.25) is 11.8 Å². The minimum atomic E-state index is -0.296. The largest absolute Gasteiger partial charge is 0.290 e. The number of carbonyl (C=O) groups excluding carboxylic acids is 2. The lowest BCUT2D eigenvalue weighted by Gasteiger charge is -2.58. The average Bonchev–Trinajstić information content (AvgIpc) is 2.70. The molecule has 29 heavy (non-hydrogen) atoms. The second kappa shape index (κ2) is 8.57. The maximum absolute atomic E-state index is 12.6. The molecule has 0 aromatic heterocycles. The Morgan fingerprint density at radius 3 is 2.17 bits per heavy atom. The fourth-order valence-corrected chi connectivity index (χ4v) is 5.28. The van der Waals surface area contributed by atoms with Gasteiger partial charge < -0.3 is 0 Å². The van der Waals surface area contributed by atoms with E-state index in [9.17, 15) is 9.59 Å². The van der Waals surface area contributed by atoms with Crippen LogP contribution in [0.15, 0.2) is 30.3 Å². The molecule has 0 radical (unpaired) electrons. The van der Waals surface area contributed by atoms with Crippen LogP contribution in [0.2, 0.25) is 0 Å². The van der Waals surface area contributed by atoms with Crippen molar-refractivity contribution in [3.63, 3.8) is 0 Å². The van der Waals surface area contributed by atoms with Gasteiger partial charge in [-0.25, -0.2) is 0 Å². The Morgan fingerprint density at radius 1 is 1.03 bits per heavy atom. The van der Waals surface area contributed by atoms with Gasteiger partial charge >= 0.3 is 0 Å². The Morgan fingerprint density at radius 2 is 1.62 bits per heavy atom. The number of likely N-dealkylation sites (tertiary alicyclic amines) is 1. The maximum atomic E-state index is 12.6. The van der Waals surface area contributed by atoms with Gasteiger partial charge in [-0.1, -0.05) is 44.2 Å². The molecule has 2 aliphatic rings.